The van der Waals surface area contributed by atoms with Crippen molar-refractivity contribution in [3.8, 4) is 0 Å². The van der Waals surface area contributed by atoms with Crippen LogP contribution in [0.4, 0.5) is 0 Å². The first-order valence-electron chi connectivity index (χ1n) is 4.73. The van der Waals surface area contributed by atoms with Crippen molar-refractivity contribution in [2.45, 2.75) is 6.42 Å². The zero-order valence-corrected chi connectivity index (χ0v) is 8.36. The van der Waals surface area contributed by atoms with Gasteiger partial charge in [-0.2, -0.15) is 0 Å². The van der Waals surface area contributed by atoms with Gasteiger partial charge in [0.1, 0.15) is 0 Å². The molecule has 0 bridgehead atoms. The smallest absolute Gasteiger partial charge is 0.224 e. The lowest BCUT2D eigenvalue weighted by Crippen LogP contribution is -2.34. The van der Waals surface area contributed by atoms with Gasteiger partial charge in [-0.25, -0.2) is 0 Å². The van der Waals surface area contributed by atoms with E-state index in [4.69, 9.17) is 5.73 Å². The fraction of sp³-hybridized carbons (Fsp3) is 0.364. The van der Waals surface area contributed by atoms with Gasteiger partial charge < -0.3 is 11.1 Å². The van der Waals surface area contributed by atoms with Gasteiger partial charge in [0.25, 0.3) is 0 Å². The predicted octanol–water partition coefficient (Wildman–Crippen LogP) is 0.550. The molecule has 1 amide bonds. The number of amides is 1. The Morgan fingerprint density at radius 1 is 1.43 bits per heavy atom. The molecule has 3 N–H and O–H groups in total. The molecule has 0 unspecified atom stereocenters. The molecule has 0 spiro atoms. The van der Waals surface area contributed by atoms with Crippen molar-refractivity contribution in [1.29, 1.82) is 0 Å². The quantitative estimate of drug-likeness (QED) is 0.732. The first kappa shape index (κ1) is 10.7. The second-order valence-corrected chi connectivity index (χ2v) is 3.24. The van der Waals surface area contributed by atoms with Crippen LogP contribution in [-0.4, -0.2) is 19.5 Å². The molecule has 3 nitrogen and oxygen atoms in total. The average molecular weight is 192 g/mol. The molecule has 0 radical (unpaired) electrons. The number of nitrogens with two attached hydrogens (primary N) is 1. The number of nitrogens with one attached hydrogen (secondary N) is 1. The van der Waals surface area contributed by atoms with E-state index in [2.05, 4.69) is 5.32 Å². The number of rotatable bonds is 4. The lowest BCUT2D eigenvalue weighted by Gasteiger charge is -2.12. The van der Waals surface area contributed by atoms with E-state index in [1.165, 1.54) is 0 Å². The molecule has 0 fully saturated rings. The van der Waals surface area contributed by atoms with Gasteiger partial charge in [0, 0.05) is 13.6 Å². The predicted molar refractivity (Wildman–Crippen MR) is 56.8 cm³/mol. The Morgan fingerprint density at radius 2 is 2.07 bits per heavy atom. The highest BCUT2D eigenvalue weighted by Crippen LogP contribution is 2.07. The summed E-state index contributed by atoms with van der Waals surface area (Å²) in [5, 5.41) is 2.62. The van der Waals surface area contributed by atoms with Crippen molar-refractivity contribution in [3.63, 3.8) is 0 Å². The van der Waals surface area contributed by atoms with Crippen LogP contribution in [-0.2, 0) is 11.2 Å². The molecule has 0 aliphatic heterocycles. The van der Waals surface area contributed by atoms with Crippen LogP contribution in [0.2, 0.25) is 0 Å². The Kier molecular flexibility index (Phi) is 4.13. The summed E-state index contributed by atoms with van der Waals surface area (Å²) in [6, 6.07) is 9.90. The lowest BCUT2D eigenvalue weighted by molar-refractivity contribution is -0.124. The summed E-state index contributed by atoms with van der Waals surface area (Å²) >= 11 is 0. The third kappa shape index (κ3) is 2.85. The fourth-order valence-electron chi connectivity index (χ4n) is 1.39. The van der Waals surface area contributed by atoms with E-state index in [0.29, 0.717) is 13.0 Å². The second-order valence-electron chi connectivity index (χ2n) is 3.24. The summed E-state index contributed by atoms with van der Waals surface area (Å²) in [5.41, 5.74) is 6.68. The number of hydrogen-bond donors (Lipinski definition) is 2. The van der Waals surface area contributed by atoms with Crippen LogP contribution in [0.15, 0.2) is 30.3 Å². The molecule has 76 valence electrons. The Labute approximate surface area is 84.3 Å². The van der Waals surface area contributed by atoms with Crippen LogP contribution in [0.25, 0.3) is 0 Å². The van der Waals surface area contributed by atoms with E-state index in [1.54, 1.807) is 7.05 Å². The zero-order valence-electron chi connectivity index (χ0n) is 8.36. The minimum Gasteiger partial charge on any atom is -0.359 e. The van der Waals surface area contributed by atoms with Crippen LogP contribution >= 0.6 is 0 Å². The standard InChI is InChI=1S/C11H16N2O/c1-13-11(14)10(8-12)7-9-5-3-2-4-6-9/h2-6,10H,7-8,12H2,1H3,(H,13,14)/t10-/m0/s1. The molecule has 0 aromatic heterocycles. The van der Waals surface area contributed by atoms with Crippen molar-refractivity contribution in [2.24, 2.45) is 11.7 Å². The third-order valence-electron chi connectivity index (χ3n) is 2.23. The molecule has 0 aliphatic carbocycles. The number of carbonyl (C=O) groups is 1. The maximum Gasteiger partial charge on any atom is 0.224 e. The number of benzene rings is 1. The normalized spacial score (nSPS) is 12.1. The van der Waals surface area contributed by atoms with Crippen LogP contribution in [0.3, 0.4) is 0 Å². The minimum atomic E-state index is -0.123. The second kappa shape index (κ2) is 5.40. The highest BCUT2D eigenvalue weighted by atomic mass is 16.1. The Morgan fingerprint density at radius 3 is 2.57 bits per heavy atom. The SMILES string of the molecule is CNC(=O)[C@H](CN)Cc1ccccc1. The van der Waals surface area contributed by atoms with Crippen LogP contribution in [0.5, 0.6) is 0 Å². The molecule has 0 saturated heterocycles. The van der Waals surface area contributed by atoms with E-state index >= 15 is 0 Å². The third-order valence-corrected chi connectivity index (χ3v) is 2.23. The molecule has 0 saturated carbocycles. The molecular formula is C11H16N2O. The van der Waals surface area contributed by atoms with Crippen LogP contribution < -0.4 is 11.1 Å². The molecule has 3 heteroatoms. The van der Waals surface area contributed by atoms with Gasteiger partial charge in [-0.1, -0.05) is 30.3 Å². The Bertz CT molecular complexity index is 285. The van der Waals surface area contributed by atoms with Gasteiger partial charge in [-0.05, 0) is 12.0 Å². The first-order valence-corrected chi connectivity index (χ1v) is 4.73. The highest BCUT2D eigenvalue weighted by Gasteiger charge is 2.15. The monoisotopic (exact) mass is 192 g/mol. The molecule has 14 heavy (non-hydrogen) atoms. The molecule has 1 atom stereocenters. The molecule has 1 aromatic carbocycles. The van der Waals surface area contributed by atoms with Gasteiger partial charge in [0.2, 0.25) is 5.91 Å². The summed E-state index contributed by atoms with van der Waals surface area (Å²) in [7, 11) is 1.63. The van der Waals surface area contributed by atoms with Crippen LogP contribution in [0, 0.1) is 5.92 Å². The van der Waals surface area contributed by atoms with E-state index in [0.717, 1.165) is 5.56 Å². The fourth-order valence-corrected chi connectivity index (χ4v) is 1.39. The Balaban J connectivity index is 2.62. The maximum atomic E-state index is 11.4. The van der Waals surface area contributed by atoms with Crippen molar-refractivity contribution < 1.29 is 4.79 Å². The minimum absolute atomic E-state index is 0.0105. The lowest BCUT2D eigenvalue weighted by atomic mass is 9.99. The Hall–Kier alpha value is -1.35. The van der Waals surface area contributed by atoms with Crippen molar-refractivity contribution >= 4 is 5.91 Å². The maximum absolute atomic E-state index is 11.4. The van der Waals surface area contributed by atoms with Gasteiger partial charge in [0.05, 0.1) is 5.92 Å². The molecule has 0 aliphatic rings. The van der Waals surface area contributed by atoms with Crippen LogP contribution in [0.1, 0.15) is 5.56 Å². The van der Waals surface area contributed by atoms with Crippen molar-refractivity contribution in [2.75, 3.05) is 13.6 Å². The average Bonchev–Trinajstić information content (AvgIpc) is 2.26. The van der Waals surface area contributed by atoms with Crippen molar-refractivity contribution in [3.05, 3.63) is 35.9 Å². The number of hydrogen-bond acceptors (Lipinski definition) is 2. The van der Waals surface area contributed by atoms with E-state index in [1.807, 2.05) is 30.3 Å². The largest absolute Gasteiger partial charge is 0.359 e. The molecule has 1 rings (SSSR count). The summed E-state index contributed by atoms with van der Waals surface area (Å²) < 4.78 is 0. The summed E-state index contributed by atoms with van der Waals surface area (Å²) in [6.07, 6.45) is 0.705. The molecule has 0 heterocycles. The topological polar surface area (TPSA) is 55.1 Å². The molecular weight excluding hydrogens is 176 g/mol. The molecule has 1 aromatic rings. The van der Waals surface area contributed by atoms with E-state index < -0.39 is 0 Å². The van der Waals surface area contributed by atoms with Gasteiger partial charge in [-0.15, -0.1) is 0 Å². The van der Waals surface area contributed by atoms with Gasteiger partial charge in [-0.3, -0.25) is 4.79 Å². The zero-order chi connectivity index (χ0) is 10.4. The first-order chi connectivity index (χ1) is 6.77. The van der Waals surface area contributed by atoms with Gasteiger partial charge >= 0.3 is 0 Å². The van der Waals surface area contributed by atoms with E-state index in [-0.39, 0.29) is 11.8 Å². The van der Waals surface area contributed by atoms with Crippen molar-refractivity contribution in [1.82, 2.24) is 5.32 Å². The van der Waals surface area contributed by atoms with Gasteiger partial charge in [0.15, 0.2) is 0 Å². The summed E-state index contributed by atoms with van der Waals surface area (Å²) in [4.78, 5) is 11.4. The summed E-state index contributed by atoms with van der Waals surface area (Å²) in [5.74, 6) is -0.112. The highest BCUT2D eigenvalue weighted by molar-refractivity contribution is 5.78. The number of carbonyl (C=O) groups excluding carboxylic acids is 1. The van der Waals surface area contributed by atoms with E-state index in [9.17, 15) is 4.79 Å². The summed E-state index contributed by atoms with van der Waals surface area (Å²) in [6.45, 7) is 0.383.